The average Bonchev–Trinajstić information content (AvgIpc) is 3.44. The Bertz CT molecular complexity index is 1410. The molecule has 0 bridgehead atoms. The average molecular weight is 737 g/mol. The van der Waals surface area contributed by atoms with E-state index in [1.54, 1.807) is 27.0 Å². The van der Waals surface area contributed by atoms with E-state index < -0.39 is 0 Å². The Morgan fingerprint density at radius 3 is 1.07 bits per heavy atom. The Kier molecular flexibility index (Phi) is 22.4. The highest BCUT2D eigenvalue weighted by Gasteiger charge is 2.36. The van der Waals surface area contributed by atoms with Gasteiger partial charge in [0.2, 0.25) is 11.4 Å². The predicted molar refractivity (Wildman–Crippen MR) is 240 cm³/mol. The lowest BCUT2D eigenvalue weighted by molar-refractivity contribution is -0.345. The molecule has 1 aliphatic rings. The van der Waals surface area contributed by atoms with Gasteiger partial charge in [-0.1, -0.05) is 152 Å². The fraction of sp³-hybridized carbons (Fsp3) is 0.692. The van der Waals surface area contributed by atoms with E-state index in [1.165, 1.54) is 143 Å². The molecule has 2 heteroatoms. The third-order valence-corrected chi connectivity index (χ3v) is 12.0. The van der Waals surface area contributed by atoms with Crippen LogP contribution in [0.25, 0.3) is 16.9 Å². The molecule has 0 N–H and O–H groups in total. The van der Waals surface area contributed by atoms with Crippen molar-refractivity contribution in [2.24, 2.45) is 0 Å². The number of aryl methyl sites for hydroxylation is 4. The quantitative estimate of drug-likeness (QED) is 0.0564. The molecule has 0 aliphatic carbocycles. The van der Waals surface area contributed by atoms with Crippen LogP contribution in [0.4, 0.5) is 0 Å². The molecule has 0 atom stereocenters. The molecule has 0 unspecified atom stereocenters. The monoisotopic (exact) mass is 737 g/mol. The fourth-order valence-electron chi connectivity index (χ4n) is 9.09. The Morgan fingerprint density at radius 1 is 0.333 bits per heavy atom. The van der Waals surface area contributed by atoms with Gasteiger partial charge >= 0.3 is 0 Å². The van der Waals surface area contributed by atoms with Gasteiger partial charge in [-0.3, -0.25) is 0 Å². The Balaban J connectivity index is 2.32. The van der Waals surface area contributed by atoms with Crippen molar-refractivity contribution < 1.29 is 4.70 Å². The van der Waals surface area contributed by atoms with Crippen LogP contribution in [-0.4, -0.2) is 4.70 Å². The molecule has 2 nitrogen and oxygen atoms in total. The summed E-state index contributed by atoms with van der Waals surface area (Å²) in [6.45, 7) is 18.6. The van der Waals surface area contributed by atoms with Crippen molar-refractivity contribution in [3.8, 4) is 0 Å². The van der Waals surface area contributed by atoms with Gasteiger partial charge in [-0.05, 0) is 141 Å². The highest BCUT2D eigenvalue weighted by atomic mass is 15.2. The second-order valence-electron chi connectivity index (χ2n) is 16.8. The summed E-state index contributed by atoms with van der Waals surface area (Å²) in [7, 11) is 0. The van der Waals surface area contributed by atoms with E-state index in [0.717, 1.165) is 82.0 Å². The smallest absolute Gasteiger partial charge is 0.211 e. The first kappa shape index (κ1) is 45.9. The summed E-state index contributed by atoms with van der Waals surface area (Å²) in [6, 6.07) is 10.1. The van der Waals surface area contributed by atoms with E-state index in [2.05, 4.69) is 79.7 Å². The van der Waals surface area contributed by atoms with Crippen molar-refractivity contribution in [3.63, 3.8) is 0 Å². The fourth-order valence-corrected chi connectivity index (χ4v) is 9.09. The van der Waals surface area contributed by atoms with Gasteiger partial charge < -0.3 is 5.53 Å². The summed E-state index contributed by atoms with van der Waals surface area (Å²) in [4.78, 5) is 0. The maximum Gasteiger partial charge on any atom is 0.211 e. The van der Waals surface area contributed by atoms with E-state index in [1.807, 2.05) is 0 Å². The van der Waals surface area contributed by atoms with Crippen molar-refractivity contribution in [3.05, 3.63) is 85.5 Å². The van der Waals surface area contributed by atoms with Gasteiger partial charge in [0.1, 0.15) is 0 Å². The maximum atomic E-state index is 12.8. The lowest BCUT2D eigenvalue weighted by Gasteiger charge is -2.20. The van der Waals surface area contributed by atoms with Gasteiger partial charge in [-0.2, -0.15) is 0 Å². The van der Waals surface area contributed by atoms with Crippen molar-refractivity contribution >= 4 is 11.4 Å². The number of allylic oxidation sites excluding steroid dienone is 2. The molecule has 1 heterocycles. The van der Waals surface area contributed by atoms with Crippen LogP contribution in [0.3, 0.4) is 0 Å². The Hall–Kier alpha value is -2.48. The van der Waals surface area contributed by atoms with Crippen LogP contribution in [0.2, 0.25) is 0 Å². The van der Waals surface area contributed by atoms with Gasteiger partial charge in [-0.25, -0.2) is 4.70 Å². The third kappa shape index (κ3) is 13.3. The van der Waals surface area contributed by atoms with Crippen molar-refractivity contribution in [1.29, 1.82) is 0 Å². The zero-order valence-electron chi connectivity index (χ0n) is 37.0. The zero-order chi connectivity index (χ0) is 39.1. The maximum absolute atomic E-state index is 12.8. The number of nitrogens with zero attached hydrogens (tertiary/aromatic N) is 2. The molecule has 0 aromatic heterocycles. The number of unbranched alkanes of at least 4 members (excludes halogenated alkanes) is 12. The van der Waals surface area contributed by atoms with Crippen LogP contribution >= 0.6 is 0 Å². The summed E-state index contributed by atoms with van der Waals surface area (Å²) in [5.41, 5.74) is 29.7. The topological polar surface area (TPSA) is 25.3 Å². The summed E-state index contributed by atoms with van der Waals surface area (Å²) in [5.74, 6) is 0. The molecular formula is C52H84N2. The lowest BCUT2D eigenvalue weighted by Crippen LogP contribution is -2.09. The molecule has 54 heavy (non-hydrogen) atoms. The van der Waals surface area contributed by atoms with Gasteiger partial charge in [0.15, 0.2) is 0 Å². The van der Waals surface area contributed by atoms with Crippen LogP contribution in [0.5, 0.6) is 0 Å². The molecule has 0 saturated heterocycles. The van der Waals surface area contributed by atoms with E-state index in [4.69, 9.17) is 0 Å². The number of benzene rings is 2. The van der Waals surface area contributed by atoms with E-state index >= 15 is 0 Å². The highest BCUT2D eigenvalue weighted by Crippen LogP contribution is 2.46. The molecule has 2 aromatic rings. The van der Waals surface area contributed by atoms with E-state index in [0.29, 0.717) is 0 Å². The van der Waals surface area contributed by atoms with Crippen LogP contribution < -0.4 is 0 Å². The second kappa shape index (κ2) is 26.4. The molecule has 0 saturated carbocycles. The minimum absolute atomic E-state index is 1.03. The largest absolute Gasteiger partial charge is 0.493 e. The molecule has 0 spiro atoms. The highest BCUT2D eigenvalue weighted by molar-refractivity contribution is 5.83. The molecule has 2 aromatic carbocycles. The predicted octanol–water partition coefficient (Wildman–Crippen LogP) is 16.9. The minimum Gasteiger partial charge on any atom is -0.493 e. The lowest BCUT2D eigenvalue weighted by atomic mass is 9.86. The SMILES string of the molecule is CCCCCCc1cc(C2=C(CCCCC)C(CCCC)=C(c3cc(CCC)c(CCC)c(CCC)c3)[N+]2=[N-])cc(CCCCCC)c1CCCCCC. The summed E-state index contributed by atoms with van der Waals surface area (Å²) < 4.78 is 1.71. The minimum atomic E-state index is 1.03. The second-order valence-corrected chi connectivity index (χ2v) is 16.8. The molecule has 0 fully saturated rings. The summed E-state index contributed by atoms with van der Waals surface area (Å²) >= 11 is 0. The molecule has 3 rings (SSSR count). The van der Waals surface area contributed by atoms with Crippen LogP contribution in [-0.2, 0) is 38.5 Å². The third-order valence-electron chi connectivity index (χ3n) is 12.0. The van der Waals surface area contributed by atoms with Gasteiger partial charge in [-0.15, -0.1) is 0 Å². The van der Waals surface area contributed by atoms with E-state index in [-0.39, 0.29) is 0 Å². The van der Waals surface area contributed by atoms with Crippen molar-refractivity contribution in [1.82, 2.24) is 0 Å². The zero-order valence-corrected chi connectivity index (χ0v) is 37.0. The molecule has 0 radical (unpaired) electrons. The van der Waals surface area contributed by atoms with Crippen molar-refractivity contribution in [2.45, 2.75) is 235 Å². The first-order valence-corrected chi connectivity index (χ1v) is 23.7. The van der Waals surface area contributed by atoms with Gasteiger partial charge in [0.05, 0.1) is 0 Å². The van der Waals surface area contributed by atoms with E-state index in [9.17, 15) is 5.53 Å². The van der Waals surface area contributed by atoms with Crippen LogP contribution in [0, 0.1) is 0 Å². The van der Waals surface area contributed by atoms with Crippen molar-refractivity contribution in [2.75, 3.05) is 0 Å². The Morgan fingerprint density at radius 2 is 0.667 bits per heavy atom. The molecule has 0 amide bonds. The number of rotatable bonds is 30. The van der Waals surface area contributed by atoms with Crippen LogP contribution in [0.1, 0.15) is 241 Å². The number of hydrogen-bond donors (Lipinski definition) is 0. The molecular weight excluding hydrogens is 653 g/mol. The molecule has 1 aliphatic heterocycles. The Labute approximate surface area is 335 Å². The van der Waals surface area contributed by atoms with Gasteiger partial charge in [0, 0.05) is 22.3 Å². The normalized spacial score (nSPS) is 13.3. The first-order chi connectivity index (χ1) is 26.4. The van der Waals surface area contributed by atoms with Gasteiger partial charge in [0.25, 0.3) is 0 Å². The first-order valence-electron chi connectivity index (χ1n) is 23.7. The number of hydrogen-bond acceptors (Lipinski definition) is 0. The standard InChI is InChI=1S/C52H84N2/c1-9-17-22-26-32-43-39-46(40-44(33-27-23-18-10-2)48(43)35-28-24-19-11-3)52-50(36-25-20-12-4)49(34-21-13-5)51(54(52)53)45-37-41(29-14-6)47(31-16-8)42(38-45)30-15-7/h37-40H,9-36H2,1-8H3. The summed E-state index contributed by atoms with van der Waals surface area (Å²) in [6.07, 6.45) is 33.9. The van der Waals surface area contributed by atoms with Crippen LogP contribution in [0.15, 0.2) is 35.4 Å². The molecule has 302 valence electrons. The summed E-state index contributed by atoms with van der Waals surface area (Å²) in [5, 5.41) is 0.